The lowest BCUT2D eigenvalue weighted by Gasteiger charge is -2.67. The van der Waals surface area contributed by atoms with Gasteiger partial charge >= 0.3 is 41.6 Å². The van der Waals surface area contributed by atoms with Gasteiger partial charge in [-0.1, -0.05) is 80.6 Å². The molecule has 2 heterocycles. The first-order chi connectivity index (χ1) is 39.0. The fourth-order valence-corrected chi connectivity index (χ4v) is 12.7. The number of nitrogens with one attached hydrogen (secondary N) is 1. The molecule has 0 radical (unpaired) electrons. The fourth-order valence-electron chi connectivity index (χ4n) is 12.7. The molecule has 432 valence electrons. The van der Waals surface area contributed by atoms with Crippen LogP contribution in [0.4, 0.5) is 10.5 Å². The summed E-state index contributed by atoms with van der Waals surface area (Å²) < 4.78 is 48.4. The van der Waals surface area contributed by atoms with Gasteiger partial charge in [-0.25, -0.2) is 24.0 Å². The molecule has 3 fully saturated rings. The summed E-state index contributed by atoms with van der Waals surface area (Å²) in [6.07, 6.45) is -12.3. The Hall–Kier alpha value is -8.20. The van der Waals surface area contributed by atoms with E-state index in [1.54, 1.807) is 78.9 Å². The molecule has 2 bridgehead atoms. The maximum atomic E-state index is 15.9. The van der Waals surface area contributed by atoms with Crippen LogP contribution >= 0.6 is 0 Å². The van der Waals surface area contributed by atoms with E-state index in [4.69, 9.17) is 37.6 Å². The van der Waals surface area contributed by atoms with Gasteiger partial charge in [0, 0.05) is 74.0 Å². The first kappa shape index (κ1) is 58.5. The molecule has 0 unspecified atom stereocenters. The summed E-state index contributed by atoms with van der Waals surface area (Å²) in [4.78, 5) is 116. The molecule has 0 spiro atoms. The Morgan fingerprint density at radius 2 is 1.41 bits per heavy atom. The van der Waals surface area contributed by atoms with Gasteiger partial charge in [0.05, 0.1) is 35.2 Å². The molecule has 3 aliphatic carbocycles. The van der Waals surface area contributed by atoms with Gasteiger partial charge in [-0.3, -0.25) is 14.4 Å². The van der Waals surface area contributed by atoms with E-state index in [1.165, 1.54) is 58.0 Å². The van der Waals surface area contributed by atoms with Crippen molar-refractivity contribution in [1.82, 2.24) is 5.32 Å². The minimum absolute atomic E-state index is 0.00596. The molecule has 3 N–H and O–H groups in total. The number of alkyl carbamates (subject to hydrolysis) is 1. The molecular weight excluding hydrogens is 1060 g/mol. The topological polar surface area (TPSA) is 270 Å². The number of ether oxygens (including phenoxy) is 7. The van der Waals surface area contributed by atoms with Crippen LogP contribution in [-0.4, -0.2) is 119 Å². The summed E-state index contributed by atoms with van der Waals surface area (Å²) in [6, 6.07) is 28.3. The highest BCUT2D eigenvalue weighted by atomic mass is 16.6. The summed E-state index contributed by atoms with van der Waals surface area (Å²) in [7, 11) is 0. The minimum Gasteiger partial charge on any atom is -0.455 e. The van der Waals surface area contributed by atoms with Gasteiger partial charge in [0.25, 0.3) is 0 Å². The van der Waals surface area contributed by atoms with E-state index in [0.717, 1.165) is 19.5 Å². The maximum absolute atomic E-state index is 15.9. The normalized spacial score (nSPS) is 26.8. The number of carbonyl (C=O) groups is 7. The van der Waals surface area contributed by atoms with E-state index < -0.39 is 131 Å². The van der Waals surface area contributed by atoms with Crippen LogP contribution in [0.5, 0.6) is 0 Å². The molecule has 4 aliphatic rings. The zero-order valence-corrected chi connectivity index (χ0v) is 46.7. The molecule has 9 rings (SSSR count). The van der Waals surface area contributed by atoms with Gasteiger partial charge < -0.3 is 58.0 Å². The Balaban J connectivity index is 1.15. The van der Waals surface area contributed by atoms with E-state index in [-0.39, 0.29) is 46.4 Å². The van der Waals surface area contributed by atoms with Gasteiger partial charge in [0.2, 0.25) is 6.10 Å². The van der Waals surface area contributed by atoms with Crippen LogP contribution in [0.25, 0.3) is 11.0 Å². The van der Waals surface area contributed by atoms with Crippen molar-refractivity contribution >= 4 is 58.4 Å². The maximum Gasteiger partial charge on any atom is 0.408 e. The third-order valence-corrected chi connectivity index (χ3v) is 17.0. The van der Waals surface area contributed by atoms with E-state index in [1.807, 2.05) is 19.9 Å². The number of aliphatic hydroxyl groups excluding tert-OH is 1. The predicted molar refractivity (Wildman–Crippen MR) is 293 cm³/mol. The molecular formula is C62H66N2O18. The van der Waals surface area contributed by atoms with Crippen molar-refractivity contribution in [3.8, 4) is 0 Å². The number of benzene rings is 4. The van der Waals surface area contributed by atoms with E-state index in [9.17, 15) is 39.0 Å². The third kappa shape index (κ3) is 10.5. The summed E-state index contributed by atoms with van der Waals surface area (Å²) in [5, 5.41) is 29.5. The Bertz CT molecular complexity index is 3380. The summed E-state index contributed by atoms with van der Waals surface area (Å²) >= 11 is 0. The summed E-state index contributed by atoms with van der Waals surface area (Å²) in [5.41, 5.74) is -7.36. The molecule has 1 aromatic heterocycles. The van der Waals surface area contributed by atoms with E-state index in [2.05, 4.69) is 10.2 Å². The number of aliphatic hydroxyl groups is 2. The predicted octanol–water partition coefficient (Wildman–Crippen LogP) is 7.05. The number of Topliss-reactive ketones (excluding diaryl/α,β-unsaturated/α-hetero) is 1. The lowest BCUT2D eigenvalue weighted by atomic mass is 9.44. The molecule has 1 amide bonds. The Morgan fingerprint density at radius 1 is 0.793 bits per heavy atom. The van der Waals surface area contributed by atoms with Gasteiger partial charge in [-0.05, 0) is 80.8 Å². The fraction of sp³-hybridized carbons (Fsp3) is 0.419. The molecule has 4 aromatic carbocycles. The monoisotopic (exact) mass is 1130 g/mol. The molecule has 5 aromatic rings. The SMILES string of the molecule is CCN(CC)c1ccc2c(COC(=O)N[C@@H](c3ccccc3)[C@@H](OC(=O)c3ccccc3)C(=O)O[C@H]3C[C@@]4(O)[C@@H](OC(=O)c5ccccc5)[C@@H]5[C@]6(OC(C)=O)CO[C@@H]6C[C@H](O)[C@@]5(C)C(=O)[C@H](OC(C)=O)C(=C3C)C4(C)C)cc(=O)oc2c1. The smallest absolute Gasteiger partial charge is 0.408 e. The highest BCUT2D eigenvalue weighted by molar-refractivity contribution is 5.96. The van der Waals surface area contributed by atoms with Crippen LogP contribution in [-0.2, 0) is 58.9 Å². The molecule has 2 saturated carbocycles. The number of esters is 5. The lowest BCUT2D eigenvalue weighted by molar-refractivity contribution is -0.346. The highest BCUT2D eigenvalue weighted by Gasteiger charge is 2.78. The second-order valence-electron chi connectivity index (χ2n) is 21.9. The van der Waals surface area contributed by atoms with Crippen molar-refractivity contribution in [3.63, 3.8) is 0 Å². The van der Waals surface area contributed by atoms with Gasteiger partial charge in [-0.2, -0.15) is 0 Å². The van der Waals surface area contributed by atoms with Crippen LogP contribution < -0.4 is 15.8 Å². The van der Waals surface area contributed by atoms with Crippen LogP contribution in [0.1, 0.15) is 106 Å². The number of ketones is 1. The number of amides is 1. The van der Waals surface area contributed by atoms with Gasteiger partial charge in [0.15, 0.2) is 17.5 Å². The van der Waals surface area contributed by atoms with E-state index >= 15 is 9.59 Å². The molecule has 1 saturated heterocycles. The van der Waals surface area contributed by atoms with Crippen molar-refractivity contribution in [1.29, 1.82) is 0 Å². The number of hydrogen-bond acceptors (Lipinski definition) is 19. The van der Waals surface area contributed by atoms with Crippen LogP contribution in [0.15, 0.2) is 136 Å². The molecule has 11 atom stereocenters. The van der Waals surface area contributed by atoms with Crippen LogP contribution in [0, 0.1) is 16.7 Å². The number of carbonyl (C=O) groups excluding carboxylic acids is 7. The molecule has 1 aliphatic heterocycles. The van der Waals surface area contributed by atoms with Crippen molar-refractivity contribution < 1.29 is 81.4 Å². The number of rotatable bonds is 16. The second kappa shape index (κ2) is 23.0. The van der Waals surface area contributed by atoms with Crippen molar-refractivity contribution in [2.45, 2.75) is 129 Å². The average molecular weight is 1130 g/mol. The molecule has 20 nitrogen and oxygen atoms in total. The lowest BCUT2D eigenvalue weighted by Crippen LogP contribution is -2.82. The minimum atomic E-state index is -2.52. The quantitative estimate of drug-likeness (QED) is 0.0386. The van der Waals surface area contributed by atoms with Gasteiger partial charge in [0.1, 0.15) is 42.1 Å². The first-order valence-electron chi connectivity index (χ1n) is 27.2. The molecule has 20 heteroatoms. The van der Waals surface area contributed by atoms with E-state index in [0.29, 0.717) is 24.0 Å². The Morgan fingerprint density at radius 3 is 2.00 bits per heavy atom. The van der Waals surface area contributed by atoms with Crippen LogP contribution in [0.2, 0.25) is 0 Å². The second-order valence-corrected chi connectivity index (χ2v) is 21.9. The van der Waals surface area contributed by atoms with Crippen molar-refractivity contribution in [3.05, 3.63) is 159 Å². The van der Waals surface area contributed by atoms with Crippen LogP contribution in [0.3, 0.4) is 0 Å². The van der Waals surface area contributed by atoms with Crippen molar-refractivity contribution in [2.24, 2.45) is 16.7 Å². The summed E-state index contributed by atoms with van der Waals surface area (Å²) in [6.45, 7) is 12.7. The third-order valence-electron chi connectivity index (χ3n) is 17.0. The Kier molecular flexibility index (Phi) is 16.4. The summed E-state index contributed by atoms with van der Waals surface area (Å²) in [5.74, 6) is -7.63. The number of fused-ring (bicyclic) bond motifs is 6. The van der Waals surface area contributed by atoms with Crippen molar-refractivity contribution in [2.75, 3.05) is 24.6 Å². The molecule has 82 heavy (non-hydrogen) atoms. The Labute approximate surface area is 472 Å². The first-order valence-corrected chi connectivity index (χ1v) is 27.2. The zero-order chi connectivity index (χ0) is 59.1. The number of anilines is 1. The average Bonchev–Trinajstić information content (AvgIpc) is 0.727. The number of hydrogen-bond donors (Lipinski definition) is 3. The zero-order valence-electron chi connectivity index (χ0n) is 46.7. The standard InChI is InChI=1S/C62H66N2O18/c1-9-64(10-2)41-26-27-42-40(28-47(68)78-43(42)29-41)32-75-58(73)63-49(37-20-14-11-15-21-37)51(80-55(70)38-22-16-12-17-23-38)57(72)79-44-31-62(74)54(81-56(71)39-24-18-13-19-25-39)52-60(8,45(67)30-46-61(52,33-76-46)82-36(5)66)53(69)50(77-35(4)65)48(34(44)3)59(62,6)7/h11-29,44-46,49-52,54,67,74H,9-10,30-33H2,1-8H3,(H,63,73)/t44-,45-,46+,49-,50+,51+,52-,54-,60+,61-,62+/m0/s1. The highest BCUT2D eigenvalue weighted by Crippen LogP contribution is 2.64. The number of nitrogens with zero attached hydrogens (tertiary/aromatic N) is 1. The largest absolute Gasteiger partial charge is 0.455 e. The van der Waals surface area contributed by atoms with Gasteiger partial charge in [-0.15, -0.1) is 0 Å².